The molecule has 380 valence electrons. The molecule has 0 aliphatic carbocycles. The maximum atomic E-state index is 12.9. The van der Waals surface area contributed by atoms with E-state index >= 15 is 0 Å². The number of allylic oxidation sites excluding steroid dienone is 11. The molecule has 11 heteroatoms. The summed E-state index contributed by atoms with van der Waals surface area (Å²) in [4.78, 5) is 24.9. The van der Waals surface area contributed by atoms with E-state index in [-0.39, 0.29) is 18.5 Å². The Labute approximate surface area is 400 Å². The van der Waals surface area contributed by atoms with Gasteiger partial charge < -0.3 is 45.1 Å². The van der Waals surface area contributed by atoms with Gasteiger partial charge in [0.2, 0.25) is 5.91 Å². The Morgan fingerprint density at radius 2 is 1.09 bits per heavy atom. The number of carbonyl (C=O) groups excluding carboxylic acids is 2. The molecule has 1 saturated heterocycles. The van der Waals surface area contributed by atoms with Crippen molar-refractivity contribution >= 4 is 11.9 Å². The van der Waals surface area contributed by atoms with Gasteiger partial charge >= 0.3 is 5.97 Å². The normalized spacial score (nSPS) is 20.3. The number of unbranched alkanes of at least 4 members (excludes halogenated alkanes) is 20. The number of esters is 1. The van der Waals surface area contributed by atoms with Crippen LogP contribution in [0.3, 0.4) is 0 Å². The fourth-order valence-electron chi connectivity index (χ4n) is 7.61. The smallest absolute Gasteiger partial charge is 0.305 e. The van der Waals surface area contributed by atoms with Crippen molar-refractivity contribution in [2.24, 2.45) is 0 Å². The molecule has 0 aromatic carbocycles. The van der Waals surface area contributed by atoms with Crippen LogP contribution in [0.2, 0.25) is 0 Å². The quantitative estimate of drug-likeness (QED) is 0.0196. The van der Waals surface area contributed by atoms with E-state index in [1.54, 1.807) is 6.08 Å². The fourth-order valence-corrected chi connectivity index (χ4v) is 7.61. The van der Waals surface area contributed by atoms with E-state index in [1.807, 2.05) is 19.1 Å². The van der Waals surface area contributed by atoms with Gasteiger partial charge in [-0.2, -0.15) is 0 Å². The monoisotopic (exact) mass is 930 g/mol. The molecule has 0 bridgehead atoms. The highest BCUT2D eigenvalue weighted by Gasteiger charge is 2.44. The highest BCUT2D eigenvalue weighted by Crippen LogP contribution is 2.22. The number of nitrogens with one attached hydrogen (secondary N) is 1. The van der Waals surface area contributed by atoms with Gasteiger partial charge in [0.05, 0.1) is 32.0 Å². The molecule has 0 radical (unpaired) electrons. The molecule has 1 amide bonds. The third-order valence-electron chi connectivity index (χ3n) is 11.8. The Morgan fingerprint density at radius 1 is 0.591 bits per heavy atom. The molecule has 11 nitrogen and oxygen atoms in total. The Balaban J connectivity index is 2.14. The van der Waals surface area contributed by atoms with E-state index in [1.165, 1.54) is 70.6 Å². The molecule has 7 unspecified atom stereocenters. The standard InChI is InChI=1S/C55H95NO10/c1-3-5-7-9-11-13-14-23-27-31-35-39-43-51(60)64-44-40-36-32-28-24-21-19-17-15-16-18-20-22-26-30-34-38-42-50(59)56-47(48(58)41-37-33-29-25-12-10-8-6-4-2)46-65-55-54(63)53(62)52(61)49(45-57)66-55/h4,6,11-13,15,17,21,24-25,37,41,47-49,52-55,57-58,61-63H,3,5,7-10,14,16,18-20,22-23,26-36,38-40,42-46H2,1-2H3,(H,56,59)/b6-4+,13-11-,17-15-,24-21-,25-12+,41-37+. The molecule has 1 heterocycles. The molecule has 1 fully saturated rings. The van der Waals surface area contributed by atoms with Crippen molar-refractivity contribution in [2.75, 3.05) is 19.8 Å². The summed E-state index contributed by atoms with van der Waals surface area (Å²) in [5.74, 6) is -0.264. The van der Waals surface area contributed by atoms with Crippen LogP contribution in [0.5, 0.6) is 0 Å². The van der Waals surface area contributed by atoms with E-state index in [0.29, 0.717) is 25.9 Å². The number of ether oxygens (including phenoxy) is 3. The van der Waals surface area contributed by atoms with Crippen molar-refractivity contribution in [1.82, 2.24) is 5.32 Å². The Hall–Kier alpha value is -2.90. The lowest BCUT2D eigenvalue weighted by molar-refractivity contribution is -0.302. The SMILES string of the molecule is C/C=C/CC/C=C/CC/C=C/C(O)C(COC1OC(CO)C(O)C(O)C1O)NC(=O)CCCCCCCCC/C=C\C/C=C\CCCCCOC(=O)CCCCCCC/C=C\CCCCC. The lowest BCUT2D eigenvalue weighted by Gasteiger charge is -2.40. The van der Waals surface area contributed by atoms with Gasteiger partial charge in [0.25, 0.3) is 0 Å². The van der Waals surface area contributed by atoms with E-state index in [9.17, 15) is 35.1 Å². The minimum Gasteiger partial charge on any atom is -0.466 e. The zero-order valence-electron chi connectivity index (χ0n) is 41.4. The molecule has 0 aromatic rings. The van der Waals surface area contributed by atoms with Crippen molar-refractivity contribution in [3.8, 4) is 0 Å². The topological polar surface area (TPSA) is 175 Å². The highest BCUT2D eigenvalue weighted by atomic mass is 16.7. The summed E-state index contributed by atoms with van der Waals surface area (Å²) < 4.78 is 16.6. The average molecular weight is 930 g/mol. The van der Waals surface area contributed by atoms with Crippen LogP contribution in [0.1, 0.15) is 200 Å². The van der Waals surface area contributed by atoms with Crippen LogP contribution in [-0.2, 0) is 23.8 Å². The first-order valence-corrected chi connectivity index (χ1v) is 26.2. The van der Waals surface area contributed by atoms with Crippen molar-refractivity contribution < 1.29 is 49.3 Å². The van der Waals surface area contributed by atoms with Gasteiger partial charge in [-0.15, -0.1) is 0 Å². The third-order valence-corrected chi connectivity index (χ3v) is 11.8. The number of rotatable bonds is 43. The molecular weight excluding hydrogens is 835 g/mol. The molecule has 6 N–H and O–H groups in total. The highest BCUT2D eigenvalue weighted by molar-refractivity contribution is 5.76. The number of aliphatic hydroxyl groups excluding tert-OH is 5. The van der Waals surface area contributed by atoms with Gasteiger partial charge in [-0.3, -0.25) is 9.59 Å². The zero-order chi connectivity index (χ0) is 48.1. The van der Waals surface area contributed by atoms with Crippen LogP contribution in [-0.4, -0.2) is 100 Å². The number of amides is 1. The second-order valence-electron chi connectivity index (χ2n) is 17.9. The number of aliphatic hydroxyl groups is 5. The zero-order valence-corrected chi connectivity index (χ0v) is 41.4. The van der Waals surface area contributed by atoms with Crippen molar-refractivity contribution in [3.63, 3.8) is 0 Å². The number of carbonyl (C=O) groups is 2. The summed E-state index contributed by atoms with van der Waals surface area (Å²) in [6, 6.07) is -0.847. The molecule has 0 spiro atoms. The lowest BCUT2D eigenvalue weighted by Crippen LogP contribution is -2.60. The molecule has 0 saturated carbocycles. The Bertz CT molecular complexity index is 1330. The summed E-state index contributed by atoms with van der Waals surface area (Å²) in [6.07, 6.45) is 47.3. The minimum absolute atomic E-state index is 0.0454. The van der Waals surface area contributed by atoms with Crippen LogP contribution in [0.4, 0.5) is 0 Å². The molecule has 1 rings (SSSR count). The molecule has 1 aliphatic rings. The van der Waals surface area contributed by atoms with E-state index < -0.39 is 49.5 Å². The average Bonchev–Trinajstić information content (AvgIpc) is 3.31. The first-order chi connectivity index (χ1) is 32.2. The fraction of sp³-hybridized carbons (Fsp3) is 0.745. The summed E-state index contributed by atoms with van der Waals surface area (Å²) >= 11 is 0. The number of hydrogen-bond acceptors (Lipinski definition) is 10. The van der Waals surface area contributed by atoms with Crippen molar-refractivity contribution in [1.29, 1.82) is 0 Å². The summed E-state index contributed by atoms with van der Waals surface area (Å²) in [7, 11) is 0. The van der Waals surface area contributed by atoms with Crippen LogP contribution in [0.15, 0.2) is 72.9 Å². The predicted molar refractivity (Wildman–Crippen MR) is 269 cm³/mol. The van der Waals surface area contributed by atoms with Gasteiger partial charge in [0.1, 0.15) is 24.4 Å². The maximum absolute atomic E-state index is 12.9. The van der Waals surface area contributed by atoms with E-state index in [4.69, 9.17) is 14.2 Å². The van der Waals surface area contributed by atoms with Gasteiger partial charge in [0, 0.05) is 12.8 Å². The van der Waals surface area contributed by atoms with Crippen molar-refractivity contribution in [3.05, 3.63) is 72.9 Å². The van der Waals surface area contributed by atoms with Gasteiger partial charge in [-0.25, -0.2) is 0 Å². The Kier molecular flexibility index (Phi) is 41.3. The van der Waals surface area contributed by atoms with Crippen LogP contribution in [0, 0.1) is 0 Å². The molecule has 1 aliphatic heterocycles. The van der Waals surface area contributed by atoms with E-state index in [2.05, 4.69) is 66.9 Å². The van der Waals surface area contributed by atoms with Gasteiger partial charge in [-0.1, -0.05) is 144 Å². The summed E-state index contributed by atoms with van der Waals surface area (Å²) in [6.45, 7) is 3.97. The van der Waals surface area contributed by atoms with Crippen molar-refractivity contribution in [2.45, 2.75) is 243 Å². The number of hydrogen-bond donors (Lipinski definition) is 6. The third kappa shape index (κ3) is 34.4. The second-order valence-corrected chi connectivity index (χ2v) is 17.9. The van der Waals surface area contributed by atoms with Gasteiger partial charge in [-0.05, 0) is 116 Å². The molecule has 7 atom stereocenters. The maximum Gasteiger partial charge on any atom is 0.305 e. The largest absolute Gasteiger partial charge is 0.466 e. The van der Waals surface area contributed by atoms with Crippen LogP contribution < -0.4 is 5.32 Å². The first-order valence-electron chi connectivity index (χ1n) is 26.2. The van der Waals surface area contributed by atoms with Gasteiger partial charge in [0.15, 0.2) is 6.29 Å². The second kappa shape index (κ2) is 44.6. The first kappa shape index (κ1) is 61.1. The lowest BCUT2D eigenvalue weighted by atomic mass is 9.99. The predicted octanol–water partition coefficient (Wildman–Crippen LogP) is 10.9. The summed E-state index contributed by atoms with van der Waals surface area (Å²) in [5.41, 5.74) is 0. The minimum atomic E-state index is -1.59. The van der Waals surface area contributed by atoms with Crippen LogP contribution in [0.25, 0.3) is 0 Å². The van der Waals surface area contributed by atoms with Crippen LogP contribution >= 0.6 is 0 Å². The Morgan fingerprint density at radius 3 is 1.68 bits per heavy atom. The summed E-state index contributed by atoms with van der Waals surface area (Å²) in [5, 5.41) is 54.0. The molecule has 66 heavy (non-hydrogen) atoms. The van der Waals surface area contributed by atoms with E-state index in [0.717, 1.165) is 96.3 Å². The molecular formula is C55H95NO10. The molecule has 0 aromatic heterocycles.